The predicted octanol–water partition coefficient (Wildman–Crippen LogP) is 4.12. The lowest BCUT2D eigenvalue weighted by atomic mass is 9.91. The highest BCUT2D eigenvalue weighted by Crippen LogP contribution is 2.32. The molecular weight excluding hydrogens is 367 g/mol. The van der Waals surface area contributed by atoms with Crippen LogP contribution in [-0.2, 0) is 11.8 Å². The number of halogens is 1. The van der Waals surface area contributed by atoms with E-state index in [1.54, 1.807) is 12.1 Å². The highest BCUT2D eigenvalue weighted by Gasteiger charge is 2.32. The van der Waals surface area contributed by atoms with Crippen molar-refractivity contribution in [2.24, 2.45) is 7.05 Å². The largest absolute Gasteiger partial charge is 0.324 e. The zero-order valence-corrected chi connectivity index (χ0v) is 16.5. The molecule has 1 saturated heterocycles. The Balaban J connectivity index is 1.51. The molecule has 1 aliphatic rings. The number of amides is 1. The molecule has 6 heteroatoms. The first-order valence-corrected chi connectivity index (χ1v) is 9.95. The van der Waals surface area contributed by atoms with Gasteiger partial charge in [-0.15, -0.1) is 0 Å². The van der Waals surface area contributed by atoms with Gasteiger partial charge in [0.25, 0.3) is 0 Å². The van der Waals surface area contributed by atoms with Gasteiger partial charge in [-0.3, -0.25) is 14.4 Å². The second kappa shape index (κ2) is 8.57. The number of rotatable bonds is 5. The van der Waals surface area contributed by atoms with E-state index in [-0.39, 0.29) is 17.8 Å². The maximum absolute atomic E-state index is 13.2. The molecule has 0 spiro atoms. The molecule has 1 N–H and O–H groups in total. The number of hydrogen-bond acceptors (Lipinski definition) is 3. The summed E-state index contributed by atoms with van der Waals surface area (Å²) in [7, 11) is 1.98. The first kappa shape index (κ1) is 19.3. The molecule has 3 aromatic rings. The van der Waals surface area contributed by atoms with E-state index in [0.717, 1.165) is 31.5 Å². The summed E-state index contributed by atoms with van der Waals surface area (Å²) in [6.07, 6.45) is 3.80. The number of nitrogens with one attached hydrogen (secondary N) is 1. The standard InChI is InChI=1S/C23H25FN4O/c1-27-21(11-14-25-27)17-12-15-28(16-13-17)22(18-5-3-2-4-6-18)23(29)26-20-9-7-19(24)8-10-20/h2-11,14,17,22H,12-13,15-16H2,1H3,(H,26,29)/t22-/m0/s1. The summed E-state index contributed by atoms with van der Waals surface area (Å²) in [5.74, 6) is 0.0389. The number of nitrogens with zero attached hydrogens (tertiary/aromatic N) is 3. The number of carbonyl (C=O) groups is 1. The Kier molecular flexibility index (Phi) is 5.71. The number of piperidine rings is 1. The molecule has 1 amide bonds. The van der Waals surface area contributed by atoms with Crippen LogP contribution >= 0.6 is 0 Å². The minimum atomic E-state index is -0.381. The number of benzene rings is 2. The number of aryl methyl sites for hydroxylation is 1. The molecule has 0 bridgehead atoms. The lowest BCUT2D eigenvalue weighted by Crippen LogP contribution is -2.42. The Morgan fingerprint density at radius 1 is 1.07 bits per heavy atom. The summed E-state index contributed by atoms with van der Waals surface area (Å²) in [6, 6.07) is 17.4. The fourth-order valence-electron chi connectivity index (χ4n) is 4.15. The van der Waals surface area contributed by atoms with Crippen LogP contribution in [-0.4, -0.2) is 33.7 Å². The maximum Gasteiger partial charge on any atom is 0.246 e. The first-order valence-electron chi connectivity index (χ1n) is 9.95. The minimum Gasteiger partial charge on any atom is -0.324 e. The smallest absolute Gasteiger partial charge is 0.246 e. The summed E-state index contributed by atoms with van der Waals surface area (Å²) < 4.78 is 15.1. The third-order valence-electron chi connectivity index (χ3n) is 5.65. The van der Waals surface area contributed by atoms with Gasteiger partial charge in [0, 0.05) is 30.5 Å². The summed E-state index contributed by atoms with van der Waals surface area (Å²) in [5, 5.41) is 7.24. The van der Waals surface area contributed by atoms with Crippen molar-refractivity contribution in [1.82, 2.24) is 14.7 Å². The van der Waals surface area contributed by atoms with Crippen LogP contribution in [0.3, 0.4) is 0 Å². The quantitative estimate of drug-likeness (QED) is 0.711. The van der Waals surface area contributed by atoms with Crippen molar-refractivity contribution >= 4 is 11.6 Å². The molecule has 150 valence electrons. The van der Waals surface area contributed by atoms with Crippen molar-refractivity contribution < 1.29 is 9.18 Å². The second-order valence-electron chi connectivity index (χ2n) is 7.50. The monoisotopic (exact) mass is 392 g/mol. The van der Waals surface area contributed by atoms with Crippen LogP contribution in [0.15, 0.2) is 66.9 Å². The van der Waals surface area contributed by atoms with Crippen molar-refractivity contribution in [1.29, 1.82) is 0 Å². The lowest BCUT2D eigenvalue weighted by Gasteiger charge is -2.37. The molecule has 0 aliphatic carbocycles. The van der Waals surface area contributed by atoms with Crippen LogP contribution in [0.5, 0.6) is 0 Å². The average molecular weight is 392 g/mol. The van der Waals surface area contributed by atoms with Crippen molar-refractivity contribution in [2.75, 3.05) is 18.4 Å². The predicted molar refractivity (Wildman–Crippen MR) is 111 cm³/mol. The van der Waals surface area contributed by atoms with Crippen molar-refractivity contribution in [3.63, 3.8) is 0 Å². The molecule has 2 heterocycles. The number of hydrogen-bond donors (Lipinski definition) is 1. The van der Waals surface area contributed by atoms with Gasteiger partial charge in [-0.05, 0) is 61.8 Å². The van der Waals surface area contributed by atoms with Gasteiger partial charge in [0.15, 0.2) is 0 Å². The van der Waals surface area contributed by atoms with E-state index in [0.29, 0.717) is 11.6 Å². The van der Waals surface area contributed by atoms with E-state index in [1.165, 1.54) is 17.8 Å². The van der Waals surface area contributed by atoms with Gasteiger partial charge in [0.05, 0.1) is 0 Å². The molecule has 1 aromatic heterocycles. The van der Waals surface area contributed by atoms with Gasteiger partial charge in [-0.2, -0.15) is 5.10 Å². The van der Waals surface area contributed by atoms with E-state index >= 15 is 0 Å². The highest BCUT2D eigenvalue weighted by molar-refractivity contribution is 5.95. The van der Waals surface area contributed by atoms with Crippen LogP contribution in [0.4, 0.5) is 10.1 Å². The Labute approximate surface area is 170 Å². The molecule has 5 nitrogen and oxygen atoms in total. The van der Waals surface area contributed by atoms with E-state index < -0.39 is 0 Å². The molecule has 2 aromatic carbocycles. The zero-order valence-electron chi connectivity index (χ0n) is 16.5. The molecule has 4 rings (SSSR count). The van der Waals surface area contributed by atoms with Gasteiger partial charge in [-0.1, -0.05) is 30.3 Å². The highest BCUT2D eigenvalue weighted by atomic mass is 19.1. The molecule has 1 atom stereocenters. The fraction of sp³-hybridized carbons (Fsp3) is 0.304. The lowest BCUT2D eigenvalue weighted by molar-refractivity contribution is -0.122. The van der Waals surface area contributed by atoms with Crippen molar-refractivity contribution in [2.45, 2.75) is 24.8 Å². The summed E-state index contributed by atoms with van der Waals surface area (Å²) in [6.45, 7) is 1.65. The zero-order chi connectivity index (χ0) is 20.2. The maximum atomic E-state index is 13.2. The molecule has 0 saturated carbocycles. The topological polar surface area (TPSA) is 50.2 Å². The second-order valence-corrected chi connectivity index (χ2v) is 7.50. The van der Waals surface area contributed by atoms with E-state index in [2.05, 4.69) is 21.4 Å². The molecule has 29 heavy (non-hydrogen) atoms. The van der Waals surface area contributed by atoms with Crippen molar-refractivity contribution in [3.8, 4) is 0 Å². The van der Waals surface area contributed by atoms with Gasteiger partial charge in [0.1, 0.15) is 11.9 Å². The van der Waals surface area contributed by atoms with Crippen LogP contribution in [0, 0.1) is 5.82 Å². The number of anilines is 1. The van der Waals surface area contributed by atoms with E-state index in [4.69, 9.17) is 0 Å². The van der Waals surface area contributed by atoms with Crippen LogP contribution in [0.1, 0.15) is 36.1 Å². The number of aromatic nitrogens is 2. The first-order chi connectivity index (χ1) is 14.1. The number of carbonyl (C=O) groups excluding carboxylic acids is 1. The Bertz CT molecular complexity index is 947. The van der Waals surface area contributed by atoms with Gasteiger partial charge in [0.2, 0.25) is 5.91 Å². The Morgan fingerprint density at radius 3 is 2.38 bits per heavy atom. The average Bonchev–Trinajstić information content (AvgIpc) is 3.17. The third kappa shape index (κ3) is 4.38. The molecule has 1 aliphatic heterocycles. The van der Waals surface area contributed by atoms with Crippen molar-refractivity contribution in [3.05, 3.63) is 83.9 Å². The Morgan fingerprint density at radius 2 is 1.76 bits per heavy atom. The Hall–Kier alpha value is -2.99. The third-order valence-corrected chi connectivity index (χ3v) is 5.65. The molecular formula is C23H25FN4O. The number of likely N-dealkylation sites (tertiary alicyclic amines) is 1. The molecule has 0 unspecified atom stereocenters. The SMILES string of the molecule is Cn1nccc1C1CCN([C@H](C(=O)Nc2ccc(F)cc2)c2ccccc2)CC1. The van der Waals surface area contributed by atoms with E-state index in [9.17, 15) is 9.18 Å². The normalized spacial score (nSPS) is 16.5. The molecule has 1 fully saturated rings. The van der Waals surface area contributed by atoms with Crippen LogP contribution < -0.4 is 5.32 Å². The molecule has 0 radical (unpaired) electrons. The minimum absolute atomic E-state index is 0.0956. The van der Waals surface area contributed by atoms with Crippen LogP contribution in [0.2, 0.25) is 0 Å². The summed E-state index contributed by atoms with van der Waals surface area (Å²) in [5.41, 5.74) is 2.81. The van der Waals surface area contributed by atoms with E-state index in [1.807, 2.05) is 48.3 Å². The summed E-state index contributed by atoms with van der Waals surface area (Å²) in [4.78, 5) is 15.4. The van der Waals surface area contributed by atoms with Gasteiger partial charge in [-0.25, -0.2) is 4.39 Å². The summed E-state index contributed by atoms with van der Waals surface area (Å²) >= 11 is 0. The van der Waals surface area contributed by atoms with Gasteiger partial charge >= 0.3 is 0 Å². The fourth-order valence-corrected chi connectivity index (χ4v) is 4.15. The van der Waals surface area contributed by atoms with Crippen LogP contribution in [0.25, 0.3) is 0 Å². The van der Waals surface area contributed by atoms with Gasteiger partial charge < -0.3 is 5.32 Å².